The molecule has 0 aliphatic rings. The highest BCUT2D eigenvalue weighted by Gasteiger charge is 2.14. The fourth-order valence-corrected chi connectivity index (χ4v) is 2.32. The van der Waals surface area contributed by atoms with Crippen molar-refractivity contribution in [1.82, 2.24) is 5.32 Å². The van der Waals surface area contributed by atoms with Crippen LogP contribution in [0.25, 0.3) is 0 Å². The molecule has 0 aliphatic heterocycles. The van der Waals surface area contributed by atoms with Crippen LogP contribution in [0.2, 0.25) is 0 Å². The molecular formula is C19H22FNO3. The zero-order chi connectivity index (χ0) is 17.4. The topological polar surface area (TPSA) is 58.6 Å². The van der Waals surface area contributed by atoms with E-state index < -0.39 is 6.10 Å². The molecule has 0 saturated carbocycles. The van der Waals surface area contributed by atoms with Gasteiger partial charge >= 0.3 is 0 Å². The van der Waals surface area contributed by atoms with Crippen molar-refractivity contribution >= 4 is 5.91 Å². The number of halogens is 1. The Bertz CT molecular complexity index is 675. The van der Waals surface area contributed by atoms with E-state index in [2.05, 4.69) is 5.32 Å². The lowest BCUT2D eigenvalue weighted by molar-refractivity contribution is -0.127. The number of rotatable bonds is 8. The second-order valence-corrected chi connectivity index (χ2v) is 5.59. The molecule has 2 N–H and O–H groups in total. The van der Waals surface area contributed by atoms with Gasteiger partial charge in [-0.1, -0.05) is 24.3 Å². The van der Waals surface area contributed by atoms with E-state index in [1.165, 1.54) is 12.1 Å². The molecule has 0 fully saturated rings. The third-order valence-electron chi connectivity index (χ3n) is 3.59. The molecule has 4 nitrogen and oxygen atoms in total. The molecule has 0 bridgehead atoms. The molecule has 1 atom stereocenters. The van der Waals surface area contributed by atoms with Gasteiger partial charge in [0.1, 0.15) is 11.6 Å². The van der Waals surface area contributed by atoms with Crippen molar-refractivity contribution < 1.29 is 19.0 Å². The summed E-state index contributed by atoms with van der Waals surface area (Å²) in [5, 5.41) is 11.9. The molecule has 0 aromatic heterocycles. The number of carbonyl (C=O) groups excluding carboxylic acids is 1. The fourth-order valence-electron chi connectivity index (χ4n) is 2.32. The van der Waals surface area contributed by atoms with Gasteiger partial charge in [-0.15, -0.1) is 0 Å². The van der Waals surface area contributed by atoms with E-state index in [1.807, 2.05) is 6.07 Å². The van der Waals surface area contributed by atoms with Gasteiger partial charge in [-0.3, -0.25) is 4.79 Å². The number of aliphatic hydroxyl groups excluding tert-OH is 1. The van der Waals surface area contributed by atoms with Crippen LogP contribution >= 0.6 is 0 Å². The summed E-state index contributed by atoms with van der Waals surface area (Å²) in [6, 6.07) is 13.5. The molecule has 2 aromatic carbocycles. The smallest absolute Gasteiger partial charge is 0.260 e. The Hall–Kier alpha value is -2.40. The Morgan fingerprint density at radius 3 is 2.71 bits per heavy atom. The Morgan fingerprint density at radius 1 is 1.21 bits per heavy atom. The number of carbonyl (C=O) groups is 1. The molecule has 5 heteroatoms. The molecule has 0 heterocycles. The lowest BCUT2D eigenvalue weighted by Gasteiger charge is -2.15. The van der Waals surface area contributed by atoms with Crippen molar-refractivity contribution in [1.29, 1.82) is 0 Å². The molecule has 0 radical (unpaired) electrons. The number of nitrogens with one attached hydrogen (secondary N) is 1. The summed E-state index contributed by atoms with van der Waals surface area (Å²) in [6.07, 6.45) is 0.793. The van der Waals surface area contributed by atoms with Crippen molar-refractivity contribution in [3.8, 4) is 5.75 Å². The number of aliphatic hydroxyl groups is 1. The normalized spacial score (nSPS) is 11.8. The van der Waals surface area contributed by atoms with Gasteiger partial charge < -0.3 is 15.2 Å². The summed E-state index contributed by atoms with van der Waals surface area (Å²) in [5.74, 6) is 0.0938. The summed E-state index contributed by atoms with van der Waals surface area (Å²) >= 11 is 0. The first kappa shape index (κ1) is 17.9. The lowest BCUT2D eigenvalue weighted by Crippen LogP contribution is -2.36. The molecule has 1 unspecified atom stereocenters. The van der Waals surface area contributed by atoms with Crippen molar-refractivity contribution in [3.05, 3.63) is 65.5 Å². The largest absolute Gasteiger partial charge is 0.481 e. The van der Waals surface area contributed by atoms with Crippen LogP contribution in [-0.4, -0.2) is 23.7 Å². The zero-order valence-corrected chi connectivity index (χ0v) is 13.7. The summed E-state index contributed by atoms with van der Waals surface area (Å²) in [6.45, 7) is 2.10. The summed E-state index contributed by atoms with van der Waals surface area (Å²) < 4.78 is 18.6. The molecule has 1 amide bonds. The van der Waals surface area contributed by atoms with Crippen LogP contribution in [0.4, 0.5) is 4.39 Å². The van der Waals surface area contributed by atoms with Crippen LogP contribution in [0, 0.1) is 5.82 Å². The van der Waals surface area contributed by atoms with Crippen LogP contribution in [0.1, 0.15) is 24.5 Å². The molecule has 128 valence electrons. The van der Waals surface area contributed by atoms with Crippen molar-refractivity contribution in [3.63, 3.8) is 0 Å². The number of amides is 1. The first-order chi connectivity index (χ1) is 11.6. The van der Waals surface area contributed by atoms with E-state index in [4.69, 9.17) is 9.84 Å². The van der Waals surface area contributed by atoms with Crippen LogP contribution in [0.15, 0.2) is 48.5 Å². The van der Waals surface area contributed by atoms with Crippen molar-refractivity contribution in [2.24, 2.45) is 0 Å². The predicted octanol–water partition coefficient (Wildman–Crippen LogP) is 2.83. The number of ether oxygens (including phenoxy) is 1. The number of aryl methyl sites for hydroxylation is 1. The van der Waals surface area contributed by atoms with Gasteiger partial charge in [0.05, 0.1) is 6.61 Å². The minimum absolute atomic E-state index is 0.0716. The molecule has 0 spiro atoms. The quantitative estimate of drug-likeness (QED) is 0.731. The molecule has 2 aromatic rings. The molecule has 24 heavy (non-hydrogen) atoms. The van der Waals surface area contributed by atoms with E-state index >= 15 is 0 Å². The molecular weight excluding hydrogens is 309 g/mol. The lowest BCUT2D eigenvalue weighted by atomic mass is 10.1. The Morgan fingerprint density at radius 2 is 1.96 bits per heavy atom. The third-order valence-corrected chi connectivity index (χ3v) is 3.59. The van der Waals surface area contributed by atoms with Gasteiger partial charge in [-0.05, 0) is 55.2 Å². The SMILES string of the molecule is CC(Oc1cccc(CO)c1)C(=O)NCCCc1cccc(F)c1. The standard InChI is InChI=1S/C19H22FNO3/c1-14(24-18-9-3-6-16(12-18)13-22)19(23)21-10-4-7-15-5-2-8-17(20)11-15/h2-3,5-6,8-9,11-12,14,22H,4,7,10,13H2,1H3,(H,21,23). The van der Waals surface area contributed by atoms with Crippen molar-refractivity contribution in [2.75, 3.05) is 6.54 Å². The third kappa shape index (κ3) is 5.66. The number of hydrogen-bond acceptors (Lipinski definition) is 3. The fraction of sp³-hybridized carbons (Fsp3) is 0.316. The Labute approximate surface area is 141 Å². The number of hydrogen-bond donors (Lipinski definition) is 2. The van der Waals surface area contributed by atoms with E-state index in [0.29, 0.717) is 18.7 Å². The monoisotopic (exact) mass is 331 g/mol. The van der Waals surface area contributed by atoms with Gasteiger partial charge in [0.15, 0.2) is 6.10 Å². The highest BCUT2D eigenvalue weighted by atomic mass is 19.1. The zero-order valence-electron chi connectivity index (χ0n) is 13.7. The maximum absolute atomic E-state index is 13.1. The maximum atomic E-state index is 13.1. The second-order valence-electron chi connectivity index (χ2n) is 5.59. The van der Waals surface area contributed by atoms with E-state index in [1.54, 1.807) is 37.3 Å². The van der Waals surface area contributed by atoms with Crippen LogP contribution in [0.3, 0.4) is 0 Å². The van der Waals surface area contributed by atoms with E-state index in [0.717, 1.165) is 17.5 Å². The van der Waals surface area contributed by atoms with Gasteiger partial charge in [0.25, 0.3) is 5.91 Å². The predicted molar refractivity (Wildman–Crippen MR) is 90.2 cm³/mol. The average Bonchev–Trinajstić information content (AvgIpc) is 2.58. The summed E-state index contributed by atoms with van der Waals surface area (Å²) in [7, 11) is 0. The van der Waals surface area contributed by atoms with Crippen LogP contribution < -0.4 is 10.1 Å². The van der Waals surface area contributed by atoms with Crippen molar-refractivity contribution in [2.45, 2.75) is 32.5 Å². The minimum atomic E-state index is -0.631. The molecule has 2 rings (SSSR count). The highest BCUT2D eigenvalue weighted by molar-refractivity contribution is 5.80. The Kier molecular flexibility index (Phi) is 6.75. The number of benzene rings is 2. The van der Waals surface area contributed by atoms with Gasteiger partial charge in [-0.25, -0.2) is 4.39 Å². The van der Waals surface area contributed by atoms with Crippen LogP contribution in [-0.2, 0) is 17.8 Å². The minimum Gasteiger partial charge on any atom is -0.481 e. The van der Waals surface area contributed by atoms with Gasteiger partial charge in [-0.2, -0.15) is 0 Å². The molecule has 0 aliphatic carbocycles. The van der Waals surface area contributed by atoms with Gasteiger partial charge in [0.2, 0.25) is 0 Å². The maximum Gasteiger partial charge on any atom is 0.260 e. The average molecular weight is 331 g/mol. The van der Waals surface area contributed by atoms with Crippen LogP contribution in [0.5, 0.6) is 5.75 Å². The van der Waals surface area contributed by atoms with E-state index in [9.17, 15) is 9.18 Å². The molecule has 0 saturated heterocycles. The van der Waals surface area contributed by atoms with Gasteiger partial charge in [0, 0.05) is 6.54 Å². The van der Waals surface area contributed by atoms with E-state index in [-0.39, 0.29) is 18.3 Å². The summed E-state index contributed by atoms with van der Waals surface area (Å²) in [5.41, 5.74) is 1.64. The summed E-state index contributed by atoms with van der Waals surface area (Å²) in [4.78, 5) is 12.0. The first-order valence-electron chi connectivity index (χ1n) is 7.97. The Balaban J connectivity index is 1.73. The second kappa shape index (κ2) is 9.03. The first-order valence-corrected chi connectivity index (χ1v) is 7.97. The highest BCUT2D eigenvalue weighted by Crippen LogP contribution is 2.15.